The van der Waals surface area contributed by atoms with Gasteiger partial charge in [-0.1, -0.05) is 11.8 Å². The number of hydrogen-bond donors (Lipinski definition) is 2. The number of aliphatic hydroxyl groups excluding tert-OH is 2. The van der Waals surface area contributed by atoms with Gasteiger partial charge in [0.25, 0.3) is 0 Å². The standard InChI is InChI=1S/C11H12N2O3S/c1-7(14)17-6-9(15)11(16)10-8(5-12)3-2-4-13-10/h2-4,9,11,15-16H,6H2,1H3. The van der Waals surface area contributed by atoms with E-state index in [0.717, 1.165) is 11.8 Å². The number of nitrogens with zero attached hydrogens (tertiary/aromatic N) is 2. The average molecular weight is 252 g/mol. The predicted octanol–water partition coefficient (Wildman–Crippen LogP) is 0.627. The van der Waals surface area contributed by atoms with Gasteiger partial charge in [0.1, 0.15) is 12.2 Å². The van der Waals surface area contributed by atoms with Crippen LogP contribution in [-0.4, -0.2) is 32.2 Å². The number of pyridine rings is 1. The van der Waals surface area contributed by atoms with E-state index in [1.807, 2.05) is 6.07 Å². The van der Waals surface area contributed by atoms with E-state index < -0.39 is 12.2 Å². The van der Waals surface area contributed by atoms with Crippen LogP contribution in [0, 0.1) is 11.3 Å². The maximum Gasteiger partial charge on any atom is 0.185 e. The fourth-order valence-corrected chi connectivity index (χ4v) is 1.81. The molecule has 90 valence electrons. The van der Waals surface area contributed by atoms with Gasteiger partial charge in [-0.15, -0.1) is 0 Å². The first-order valence-corrected chi connectivity index (χ1v) is 5.89. The Bertz CT molecular complexity index is 445. The van der Waals surface area contributed by atoms with Crippen molar-refractivity contribution in [1.82, 2.24) is 4.98 Å². The van der Waals surface area contributed by atoms with E-state index in [2.05, 4.69) is 4.98 Å². The van der Waals surface area contributed by atoms with Crippen LogP contribution in [0.4, 0.5) is 0 Å². The van der Waals surface area contributed by atoms with Crippen molar-refractivity contribution in [2.24, 2.45) is 0 Å². The second-order valence-electron chi connectivity index (χ2n) is 3.36. The molecular weight excluding hydrogens is 240 g/mol. The van der Waals surface area contributed by atoms with Gasteiger partial charge in [0.05, 0.1) is 17.4 Å². The van der Waals surface area contributed by atoms with E-state index in [4.69, 9.17) is 5.26 Å². The Morgan fingerprint density at radius 1 is 1.65 bits per heavy atom. The summed E-state index contributed by atoms with van der Waals surface area (Å²) in [5, 5.41) is 28.2. The predicted molar refractivity (Wildman–Crippen MR) is 63.1 cm³/mol. The van der Waals surface area contributed by atoms with Crippen molar-refractivity contribution in [2.45, 2.75) is 19.1 Å². The number of thioether (sulfide) groups is 1. The summed E-state index contributed by atoms with van der Waals surface area (Å²) in [7, 11) is 0. The molecule has 2 atom stereocenters. The number of carbonyl (C=O) groups is 1. The van der Waals surface area contributed by atoms with Crippen molar-refractivity contribution in [3.8, 4) is 6.07 Å². The van der Waals surface area contributed by atoms with Gasteiger partial charge in [0.15, 0.2) is 5.12 Å². The normalized spacial score (nSPS) is 13.8. The fraction of sp³-hybridized carbons (Fsp3) is 0.364. The lowest BCUT2D eigenvalue weighted by molar-refractivity contribution is -0.109. The quantitative estimate of drug-likeness (QED) is 0.816. The summed E-state index contributed by atoms with van der Waals surface area (Å²) in [6, 6.07) is 4.97. The molecule has 0 bridgehead atoms. The first kappa shape index (κ1) is 13.6. The van der Waals surface area contributed by atoms with Crippen molar-refractivity contribution in [1.29, 1.82) is 5.26 Å². The van der Waals surface area contributed by atoms with Crippen LogP contribution in [0.25, 0.3) is 0 Å². The molecule has 0 saturated carbocycles. The molecule has 2 unspecified atom stereocenters. The highest BCUT2D eigenvalue weighted by Crippen LogP contribution is 2.20. The molecule has 0 amide bonds. The topological polar surface area (TPSA) is 94.2 Å². The van der Waals surface area contributed by atoms with Gasteiger partial charge in [-0.25, -0.2) is 0 Å². The summed E-state index contributed by atoms with van der Waals surface area (Å²) >= 11 is 0.916. The molecular formula is C11H12N2O3S. The van der Waals surface area contributed by atoms with E-state index in [1.54, 1.807) is 6.07 Å². The van der Waals surface area contributed by atoms with Gasteiger partial charge in [-0.3, -0.25) is 9.78 Å². The monoisotopic (exact) mass is 252 g/mol. The molecule has 0 aliphatic carbocycles. The Hall–Kier alpha value is -1.42. The van der Waals surface area contributed by atoms with Crippen LogP contribution >= 0.6 is 11.8 Å². The Morgan fingerprint density at radius 3 is 2.94 bits per heavy atom. The zero-order valence-corrected chi connectivity index (χ0v) is 10.0. The molecule has 0 saturated heterocycles. The van der Waals surface area contributed by atoms with Crippen molar-refractivity contribution in [3.63, 3.8) is 0 Å². The number of carbonyl (C=O) groups excluding carboxylic acids is 1. The third-order valence-electron chi connectivity index (χ3n) is 2.06. The Kier molecular flexibility index (Phi) is 5.10. The number of hydrogen-bond acceptors (Lipinski definition) is 6. The van der Waals surface area contributed by atoms with Gasteiger partial charge in [0, 0.05) is 18.9 Å². The van der Waals surface area contributed by atoms with Gasteiger partial charge in [0.2, 0.25) is 0 Å². The first-order valence-electron chi connectivity index (χ1n) is 4.90. The minimum atomic E-state index is -1.27. The number of aromatic nitrogens is 1. The molecule has 1 aromatic rings. The molecule has 6 heteroatoms. The first-order chi connectivity index (χ1) is 8.06. The Balaban J connectivity index is 2.78. The summed E-state index contributed by atoms with van der Waals surface area (Å²) in [5.74, 6) is 0.0674. The van der Waals surface area contributed by atoms with Crippen LogP contribution < -0.4 is 0 Å². The van der Waals surface area contributed by atoms with Crippen LogP contribution in [0.2, 0.25) is 0 Å². The van der Waals surface area contributed by atoms with Crippen LogP contribution in [0.1, 0.15) is 24.3 Å². The summed E-state index contributed by atoms with van der Waals surface area (Å²) in [4.78, 5) is 14.6. The molecule has 0 fully saturated rings. The smallest absolute Gasteiger partial charge is 0.185 e. The van der Waals surface area contributed by atoms with Crippen LogP contribution in [0.3, 0.4) is 0 Å². The van der Waals surface area contributed by atoms with Crippen LogP contribution in [0.15, 0.2) is 18.3 Å². The summed E-state index contributed by atoms with van der Waals surface area (Å²) in [6.07, 6.45) is -0.965. The van der Waals surface area contributed by atoms with E-state index in [9.17, 15) is 15.0 Å². The maximum absolute atomic E-state index is 10.7. The molecule has 0 aliphatic rings. The number of rotatable bonds is 4. The third kappa shape index (κ3) is 3.82. The molecule has 0 spiro atoms. The lowest BCUT2D eigenvalue weighted by atomic mass is 10.1. The highest BCUT2D eigenvalue weighted by molar-refractivity contribution is 8.13. The Morgan fingerprint density at radius 2 is 2.35 bits per heavy atom. The molecule has 1 aromatic heterocycles. The second-order valence-corrected chi connectivity index (χ2v) is 4.56. The van der Waals surface area contributed by atoms with Crippen LogP contribution in [0.5, 0.6) is 0 Å². The maximum atomic E-state index is 10.7. The van der Waals surface area contributed by atoms with Gasteiger partial charge in [-0.2, -0.15) is 5.26 Å². The third-order valence-corrected chi connectivity index (χ3v) is 2.98. The van der Waals surface area contributed by atoms with Gasteiger partial charge in [-0.05, 0) is 12.1 Å². The summed E-state index contributed by atoms with van der Waals surface area (Å²) < 4.78 is 0. The Labute approximate surface area is 103 Å². The van der Waals surface area contributed by atoms with E-state index in [0.29, 0.717) is 0 Å². The lowest BCUT2D eigenvalue weighted by Gasteiger charge is -2.17. The summed E-state index contributed by atoms with van der Waals surface area (Å²) in [6.45, 7) is 1.38. The number of nitriles is 1. The molecule has 1 rings (SSSR count). The SMILES string of the molecule is CC(=O)SCC(O)C(O)c1ncccc1C#N. The van der Waals surface area contributed by atoms with Crippen molar-refractivity contribution >= 4 is 16.9 Å². The second kappa shape index (κ2) is 6.35. The van der Waals surface area contributed by atoms with Crippen molar-refractivity contribution < 1.29 is 15.0 Å². The highest BCUT2D eigenvalue weighted by Gasteiger charge is 2.22. The lowest BCUT2D eigenvalue weighted by Crippen LogP contribution is -2.23. The fourth-order valence-electron chi connectivity index (χ4n) is 1.22. The van der Waals surface area contributed by atoms with E-state index in [1.165, 1.54) is 19.2 Å². The van der Waals surface area contributed by atoms with Crippen molar-refractivity contribution in [2.75, 3.05) is 5.75 Å². The van der Waals surface area contributed by atoms with E-state index >= 15 is 0 Å². The van der Waals surface area contributed by atoms with Gasteiger partial charge < -0.3 is 10.2 Å². The molecule has 5 nitrogen and oxygen atoms in total. The average Bonchev–Trinajstić information content (AvgIpc) is 2.34. The molecule has 0 aromatic carbocycles. The minimum Gasteiger partial charge on any atom is -0.389 e. The molecule has 17 heavy (non-hydrogen) atoms. The zero-order chi connectivity index (χ0) is 12.8. The van der Waals surface area contributed by atoms with Crippen molar-refractivity contribution in [3.05, 3.63) is 29.6 Å². The highest BCUT2D eigenvalue weighted by atomic mass is 32.2. The zero-order valence-electron chi connectivity index (χ0n) is 9.20. The molecule has 1 heterocycles. The number of aliphatic hydroxyl groups is 2. The molecule has 2 N–H and O–H groups in total. The van der Waals surface area contributed by atoms with Crippen LogP contribution in [-0.2, 0) is 4.79 Å². The van der Waals surface area contributed by atoms with Gasteiger partial charge >= 0.3 is 0 Å². The summed E-state index contributed by atoms with van der Waals surface area (Å²) in [5.41, 5.74) is 0.346. The molecule has 0 radical (unpaired) electrons. The largest absolute Gasteiger partial charge is 0.389 e. The minimum absolute atomic E-state index is 0.0674. The molecule has 0 aliphatic heterocycles. The van der Waals surface area contributed by atoms with E-state index in [-0.39, 0.29) is 22.1 Å².